The third-order valence-electron chi connectivity index (χ3n) is 3.74. The van der Waals surface area contributed by atoms with E-state index in [0.29, 0.717) is 23.3 Å². The molecule has 4 rings (SSSR count). The molecule has 1 amide bonds. The highest BCUT2D eigenvalue weighted by atomic mass is 32.1. The van der Waals surface area contributed by atoms with Gasteiger partial charge in [0, 0.05) is 30.8 Å². The fourth-order valence-electron chi connectivity index (χ4n) is 2.46. The first-order valence-electron chi connectivity index (χ1n) is 8.07. The summed E-state index contributed by atoms with van der Waals surface area (Å²) in [5.74, 6) is 0.746. The lowest BCUT2D eigenvalue weighted by Gasteiger charge is -1.98. The van der Waals surface area contributed by atoms with Crippen molar-refractivity contribution in [2.75, 3.05) is 5.32 Å². The minimum atomic E-state index is -0.137. The topological polar surface area (TPSA) is 93.8 Å². The number of hydrogen-bond donors (Lipinski definition) is 1. The fraction of sp³-hybridized carbons (Fsp3) is 0.167. The van der Waals surface area contributed by atoms with Crippen LogP contribution in [0, 0.1) is 6.92 Å². The van der Waals surface area contributed by atoms with E-state index in [9.17, 15) is 4.79 Å². The summed E-state index contributed by atoms with van der Waals surface area (Å²) in [4.78, 5) is 24.9. The Morgan fingerprint density at radius 1 is 1.27 bits per heavy atom. The molecule has 26 heavy (non-hydrogen) atoms. The molecule has 0 unspecified atom stereocenters. The first kappa shape index (κ1) is 16.3. The van der Waals surface area contributed by atoms with Crippen LogP contribution in [0.15, 0.2) is 47.2 Å². The van der Waals surface area contributed by atoms with Gasteiger partial charge in [0.1, 0.15) is 0 Å². The van der Waals surface area contributed by atoms with Crippen LogP contribution in [0.3, 0.4) is 0 Å². The predicted octanol–water partition coefficient (Wildman–Crippen LogP) is 3.62. The molecule has 3 aromatic heterocycles. The molecule has 0 saturated carbocycles. The Kier molecular flexibility index (Phi) is 4.40. The number of anilines is 1. The lowest BCUT2D eigenvalue weighted by Crippen LogP contribution is -2.12. The number of amides is 1. The summed E-state index contributed by atoms with van der Waals surface area (Å²) >= 11 is 1.46. The van der Waals surface area contributed by atoms with Gasteiger partial charge in [-0.2, -0.15) is 4.98 Å². The Morgan fingerprint density at radius 3 is 3.04 bits per heavy atom. The van der Waals surface area contributed by atoms with Crippen LogP contribution in [0.1, 0.15) is 17.9 Å². The molecule has 0 aliphatic carbocycles. The maximum Gasteiger partial charge on any atom is 0.227 e. The van der Waals surface area contributed by atoms with E-state index in [4.69, 9.17) is 4.52 Å². The summed E-state index contributed by atoms with van der Waals surface area (Å²) in [6.07, 6.45) is 3.95. The largest absolute Gasteiger partial charge is 0.339 e. The first-order valence-corrected chi connectivity index (χ1v) is 8.89. The normalized spacial score (nSPS) is 11.0. The zero-order valence-corrected chi connectivity index (χ0v) is 14.8. The van der Waals surface area contributed by atoms with Gasteiger partial charge in [0.25, 0.3) is 0 Å². The van der Waals surface area contributed by atoms with E-state index >= 15 is 0 Å². The minimum Gasteiger partial charge on any atom is -0.339 e. The van der Waals surface area contributed by atoms with Gasteiger partial charge in [0.2, 0.25) is 17.6 Å². The number of carbonyl (C=O) groups is 1. The third kappa shape index (κ3) is 3.60. The van der Waals surface area contributed by atoms with E-state index in [0.717, 1.165) is 15.8 Å². The van der Waals surface area contributed by atoms with Gasteiger partial charge in [0.05, 0.1) is 10.2 Å². The molecule has 1 N–H and O–H groups in total. The quantitative estimate of drug-likeness (QED) is 0.580. The monoisotopic (exact) mass is 365 g/mol. The Morgan fingerprint density at radius 2 is 2.19 bits per heavy atom. The molecular weight excluding hydrogens is 350 g/mol. The van der Waals surface area contributed by atoms with Crippen molar-refractivity contribution in [2.45, 2.75) is 19.8 Å². The molecular formula is C18H15N5O2S. The molecule has 0 atom stereocenters. The Balaban J connectivity index is 1.37. The van der Waals surface area contributed by atoms with Crippen molar-refractivity contribution in [3.63, 3.8) is 0 Å². The lowest BCUT2D eigenvalue weighted by molar-refractivity contribution is -0.116. The van der Waals surface area contributed by atoms with E-state index in [2.05, 4.69) is 31.5 Å². The highest BCUT2D eigenvalue weighted by molar-refractivity contribution is 7.22. The van der Waals surface area contributed by atoms with Crippen LogP contribution < -0.4 is 5.32 Å². The van der Waals surface area contributed by atoms with Crippen LogP contribution >= 0.6 is 11.3 Å². The summed E-state index contributed by atoms with van der Waals surface area (Å²) in [5, 5.41) is 7.34. The van der Waals surface area contributed by atoms with E-state index in [-0.39, 0.29) is 12.3 Å². The van der Waals surface area contributed by atoms with Gasteiger partial charge in [-0.1, -0.05) is 22.6 Å². The molecule has 0 radical (unpaired) electrons. The van der Waals surface area contributed by atoms with E-state index < -0.39 is 0 Å². The van der Waals surface area contributed by atoms with Crippen LogP contribution in [-0.4, -0.2) is 26.0 Å². The second-order valence-electron chi connectivity index (χ2n) is 5.79. The van der Waals surface area contributed by atoms with E-state index in [1.807, 2.05) is 25.1 Å². The molecule has 3 heterocycles. The highest BCUT2D eigenvalue weighted by Crippen LogP contribution is 2.26. The van der Waals surface area contributed by atoms with Gasteiger partial charge in [-0.25, -0.2) is 4.98 Å². The minimum absolute atomic E-state index is 0.137. The molecule has 130 valence electrons. The van der Waals surface area contributed by atoms with E-state index in [1.54, 1.807) is 18.5 Å². The van der Waals surface area contributed by atoms with Crippen LogP contribution in [0.5, 0.6) is 0 Å². The number of nitrogens with one attached hydrogen (secondary N) is 1. The summed E-state index contributed by atoms with van der Waals surface area (Å²) in [6.45, 7) is 2.03. The molecule has 4 aromatic rings. The Hall–Kier alpha value is -3.13. The number of nitrogens with zero attached hydrogens (tertiary/aromatic N) is 4. The van der Waals surface area contributed by atoms with Crippen molar-refractivity contribution >= 4 is 32.6 Å². The SMILES string of the molecule is Cc1ccc2nc(NC(=O)CCc3nc(-c4cccnc4)no3)sc2c1. The summed E-state index contributed by atoms with van der Waals surface area (Å²) in [6, 6.07) is 9.67. The zero-order chi connectivity index (χ0) is 17.9. The van der Waals surface area contributed by atoms with Gasteiger partial charge >= 0.3 is 0 Å². The first-order chi connectivity index (χ1) is 12.7. The number of fused-ring (bicyclic) bond motifs is 1. The van der Waals surface area contributed by atoms with Crippen LogP contribution in [0.4, 0.5) is 5.13 Å². The Labute approximate surface area is 153 Å². The average molecular weight is 365 g/mol. The molecule has 0 fully saturated rings. The highest BCUT2D eigenvalue weighted by Gasteiger charge is 2.12. The number of thiazole rings is 1. The van der Waals surface area contributed by atoms with Crippen molar-refractivity contribution in [3.8, 4) is 11.4 Å². The van der Waals surface area contributed by atoms with E-state index in [1.165, 1.54) is 16.9 Å². The van der Waals surface area contributed by atoms with Crippen LogP contribution in [0.25, 0.3) is 21.6 Å². The number of pyridine rings is 1. The maximum atomic E-state index is 12.2. The summed E-state index contributed by atoms with van der Waals surface area (Å²) in [5.41, 5.74) is 2.82. The standard InChI is InChI=1S/C18H15N5O2S/c1-11-4-5-13-14(9-11)26-18(20-13)21-15(24)6-7-16-22-17(23-25-16)12-3-2-8-19-10-12/h2-5,8-10H,6-7H2,1H3,(H,20,21,24). The predicted molar refractivity (Wildman–Crippen MR) is 98.8 cm³/mol. The van der Waals surface area contributed by atoms with Gasteiger partial charge in [-0.3, -0.25) is 9.78 Å². The molecule has 0 bridgehead atoms. The van der Waals surface area contributed by atoms with Crippen molar-refractivity contribution in [1.29, 1.82) is 0 Å². The third-order valence-corrected chi connectivity index (χ3v) is 4.68. The molecule has 0 spiro atoms. The van der Waals surface area contributed by atoms with Crippen molar-refractivity contribution in [3.05, 3.63) is 54.2 Å². The van der Waals surface area contributed by atoms with Crippen LogP contribution in [-0.2, 0) is 11.2 Å². The zero-order valence-electron chi connectivity index (χ0n) is 14.0. The Bertz CT molecular complexity index is 1060. The smallest absolute Gasteiger partial charge is 0.227 e. The van der Waals surface area contributed by atoms with Gasteiger partial charge in [0.15, 0.2) is 5.13 Å². The number of carbonyl (C=O) groups excluding carboxylic acids is 1. The van der Waals surface area contributed by atoms with Gasteiger partial charge in [-0.05, 0) is 36.8 Å². The average Bonchev–Trinajstić information content (AvgIpc) is 3.27. The molecule has 8 heteroatoms. The van der Waals surface area contributed by atoms with Gasteiger partial charge in [-0.15, -0.1) is 0 Å². The van der Waals surface area contributed by atoms with Crippen molar-refractivity contribution < 1.29 is 9.32 Å². The second-order valence-corrected chi connectivity index (χ2v) is 6.82. The summed E-state index contributed by atoms with van der Waals surface area (Å²) in [7, 11) is 0. The van der Waals surface area contributed by atoms with Crippen molar-refractivity contribution in [1.82, 2.24) is 20.1 Å². The molecule has 7 nitrogen and oxygen atoms in total. The number of aromatic nitrogens is 4. The number of rotatable bonds is 5. The number of aryl methyl sites for hydroxylation is 2. The molecule has 0 aliphatic heterocycles. The molecule has 0 saturated heterocycles. The fourth-order valence-corrected chi connectivity index (χ4v) is 3.44. The number of hydrogen-bond acceptors (Lipinski definition) is 7. The van der Waals surface area contributed by atoms with Gasteiger partial charge < -0.3 is 9.84 Å². The molecule has 0 aliphatic rings. The van der Waals surface area contributed by atoms with Crippen LogP contribution in [0.2, 0.25) is 0 Å². The maximum absolute atomic E-state index is 12.2. The van der Waals surface area contributed by atoms with Crippen molar-refractivity contribution in [2.24, 2.45) is 0 Å². The summed E-state index contributed by atoms with van der Waals surface area (Å²) < 4.78 is 6.25. The molecule has 1 aromatic carbocycles. The second kappa shape index (κ2) is 7.01. The number of benzene rings is 1. The lowest BCUT2D eigenvalue weighted by atomic mass is 10.2.